The molecule has 0 amide bonds. The fourth-order valence-corrected chi connectivity index (χ4v) is 2.58. The lowest BCUT2D eigenvalue weighted by molar-refractivity contribution is 0.270. The van der Waals surface area contributed by atoms with Gasteiger partial charge in [-0.2, -0.15) is 0 Å². The van der Waals surface area contributed by atoms with E-state index in [4.69, 9.17) is 9.47 Å². The van der Waals surface area contributed by atoms with Crippen molar-refractivity contribution in [2.75, 3.05) is 6.61 Å². The molecule has 2 aliphatic rings. The third-order valence-electron chi connectivity index (χ3n) is 3.47. The first-order chi connectivity index (χ1) is 9.29. The summed E-state index contributed by atoms with van der Waals surface area (Å²) >= 11 is 0. The number of hydrogen-bond donors (Lipinski definition) is 1. The normalized spacial score (nSPS) is 22.5. The van der Waals surface area contributed by atoms with Gasteiger partial charge in [-0.1, -0.05) is 0 Å². The summed E-state index contributed by atoms with van der Waals surface area (Å²) in [6.07, 6.45) is 3.12. The lowest BCUT2D eigenvalue weighted by atomic mass is 9.82. The minimum Gasteiger partial charge on any atom is -0.508 e. The van der Waals surface area contributed by atoms with Gasteiger partial charge in [0, 0.05) is 11.8 Å². The number of nitrogens with zero attached hydrogens (tertiary/aromatic N) is 2. The number of hydrogen-bond acceptors (Lipinski definition) is 5. The molecule has 3 heterocycles. The lowest BCUT2D eigenvalue weighted by Crippen LogP contribution is -2.31. The van der Waals surface area contributed by atoms with Gasteiger partial charge in [0.05, 0.1) is 5.56 Å². The molecule has 1 aromatic carbocycles. The molecule has 19 heavy (non-hydrogen) atoms. The van der Waals surface area contributed by atoms with Crippen molar-refractivity contribution >= 4 is 6.40 Å². The topological polar surface area (TPSA) is 63.9 Å². The molecule has 0 fully saturated rings. The minimum absolute atomic E-state index is 0.177. The van der Waals surface area contributed by atoms with Crippen LogP contribution < -0.4 is 4.74 Å². The third kappa shape index (κ3) is 1.29. The molecule has 1 N–H and O–H groups in total. The largest absolute Gasteiger partial charge is 0.508 e. The van der Waals surface area contributed by atoms with E-state index >= 15 is 0 Å². The third-order valence-corrected chi connectivity index (χ3v) is 3.47. The zero-order valence-electron chi connectivity index (χ0n) is 9.91. The predicted octanol–water partition coefficient (Wildman–Crippen LogP) is 2.20. The number of fused-ring (bicyclic) bond motifs is 4. The number of aromatic hydroxyl groups is 1. The number of benzene rings is 1. The van der Waals surface area contributed by atoms with Crippen LogP contribution in [0.2, 0.25) is 0 Å². The van der Waals surface area contributed by atoms with Crippen LogP contribution in [0.4, 0.5) is 0 Å². The Morgan fingerprint density at radius 3 is 3.00 bits per heavy atom. The van der Waals surface area contributed by atoms with Crippen molar-refractivity contribution in [3.8, 4) is 17.4 Å². The van der Waals surface area contributed by atoms with Gasteiger partial charge < -0.3 is 14.6 Å². The summed E-state index contributed by atoms with van der Waals surface area (Å²) in [6, 6.07) is 8.72. The van der Waals surface area contributed by atoms with Gasteiger partial charge in [-0.25, -0.2) is 9.98 Å². The van der Waals surface area contributed by atoms with Crippen molar-refractivity contribution in [1.29, 1.82) is 0 Å². The maximum Gasteiger partial charge on any atom is 0.225 e. The highest BCUT2D eigenvalue weighted by atomic mass is 16.5. The maximum absolute atomic E-state index is 9.72. The Labute approximate surface area is 109 Å². The Hall–Kier alpha value is -2.56. The summed E-state index contributed by atoms with van der Waals surface area (Å²) in [5.74, 6) is 1.35. The van der Waals surface area contributed by atoms with Gasteiger partial charge >= 0.3 is 0 Å². The summed E-state index contributed by atoms with van der Waals surface area (Å²) in [5, 5.41) is 9.72. The van der Waals surface area contributed by atoms with E-state index < -0.39 is 5.54 Å². The van der Waals surface area contributed by atoms with E-state index in [0.29, 0.717) is 18.2 Å². The van der Waals surface area contributed by atoms with Crippen LogP contribution in [-0.2, 0) is 10.3 Å². The van der Waals surface area contributed by atoms with Crippen LogP contribution in [0.5, 0.6) is 17.4 Å². The number of rotatable bonds is 0. The van der Waals surface area contributed by atoms with Crippen molar-refractivity contribution in [2.24, 2.45) is 4.99 Å². The van der Waals surface area contributed by atoms with Gasteiger partial charge in [0.15, 0.2) is 11.9 Å². The van der Waals surface area contributed by atoms with Crippen LogP contribution in [-0.4, -0.2) is 23.1 Å². The summed E-state index contributed by atoms with van der Waals surface area (Å²) in [6.45, 7) is 0.380. The molecule has 0 saturated heterocycles. The standard InChI is InChI=1S/C14H10N2O3/c17-9-3-4-12-11(6-9)14(7-18-8-16-14)10-2-1-5-15-13(10)19-12/h1-6,8,17H,7H2. The number of ether oxygens (including phenoxy) is 2. The predicted molar refractivity (Wildman–Crippen MR) is 67.6 cm³/mol. The number of aromatic nitrogens is 1. The highest BCUT2D eigenvalue weighted by Crippen LogP contribution is 2.50. The molecule has 5 nitrogen and oxygen atoms in total. The molecule has 0 saturated carbocycles. The Kier molecular flexibility index (Phi) is 1.90. The zero-order chi connectivity index (χ0) is 12.9. The molecule has 4 rings (SSSR count). The average molecular weight is 254 g/mol. The van der Waals surface area contributed by atoms with E-state index in [-0.39, 0.29) is 5.75 Å². The summed E-state index contributed by atoms with van der Waals surface area (Å²) in [4.78, 5) is 8.72. The van der Waals surface area contributed by atoms with Crippen molar-refractivity contribution in [1.82, 2.24) is 4.98 Å². The first-order valence-corrected chi connectivity index (χ1v) is 5.92. The van der Waals surface area contributed by atoms with E-state index in [1.54, 1.807) is 24.4 Å². The van der Waals surface area contributed by atoms with Crippen molar-refractivity contribution < 1.29 is 14.6 Å². The van der Waals surface area contributed by atoms with Crippen LogP contribution in [0, 0.1) is 0 Å². The highest BCUT2D eigenvalue weighted by molar-refractivity contribution is 5.63. The fraction of sp³-hybridized carbons (Fsp3) is 0.143. The highest BCUT2D eigenvalue weighted by Gasteiger charge is 2.45. The van der Waals surface area contributed by atoms with Gasteiger partial charge in [0.2, 0.25) is 5.88 Å². The molecular formula is C14H10N2O3. The number of aliphatic imine (C=N–C) groups is 1. The first kappa shape index (κ1) is 10.4. The molecule has 1 atom stereocenters. The second kappa shape index (κ2) is 3.47. The Morgan fingerprint density at radius 2 is 2.16 bits per heavy atom. The van der Waals surface area contributed by atoms with E-state index in [9.17, 15) is 5.11 Å². The number of phenols is 1. The van der Waals surface area contributed by atoms with E-state index in [0.717, 1.165) is 11.1 Å². The maximum atomic E-state index is 9.72. The van der Waals surface area contributed by atoms with Gasteiger partial charge in [-0.05, 0) is 30.3 Å². The van der Waals surface area contributed by atoms with Crippen molar-refractivity contribution in [2.45, 2.75) is 5.54 Å². The zero-order valence-corrected chi connectivity index (χ0v) is 9.91. The van der Waals surface area contributed by atoms with Crippen LogP contribution >= 0.6 is 0 Å². The summed E-state index contributed by atoms with van der Waals surface area (Å²) < 4.78 is 11.1. The first-order valence-electron chi connectivity index (χ1n) is 5.92. The Balaban J connectivity index is 2.04. The van der Waals surface area contributed by atoms with E-state index in [1.807, 2.05) is 12.1 Å². The molecular weight excluding hydrogens is 244 g/mol. The smallest absolute Gasteiger partial charge is 0.225 e. The van der Waals surface area contributed by atoms with Crippen LogP contribution in [0.15, 0.2) is 41.5 Å². The fourth-order valence-electron chi connectivity index (χ4n) is 2.58. The molecule has 0 bridgehead atoms. The van der Waals surface area contributed by atoms with Gasteiger partial charge in [0.25, 0.3) is 0 Å². The second-order valence-electron chi connectivity index (χ2n) is 4.54. The van der Waals surface area contributed by atoms with E-state index in [2.05, 4.69) is 9.98 Å². The van der Waals surface area contributed by atoms with Crippen molar-refractivity contribution in [3.63, 3.8) is 0 Å². The number of pyridine rings is 1. The summed E-state index contributed by atoms with van der Waals surface area (Å²) in [7, 11) is 0. The van der Waals surface area contributed by atoms with Gasteiger partial charge in [-0.3, -0.25) is 0 Å². The molecule has 1 aromatic heterocycles. The summed E-state index contributed by atoms with van der Waals surface area (Å²) in [5.41, 5.74) is 0.972. The molecule has 94 valence electrons. The molecule has 0 aliphatic carbocycles. The van der Waals surface area contributed by atoms with Crippen LogP contribution in [0.1, 0.15) is 11.1 Å². The van der Waals surface area contributed by atoms with Crippen LogP contribution in [0.25, 0.3) is 0 Å². The monoisotopic (exact) mass is 254 g/mol. The van der Waals surface area contributed by atoms with Gasteiger partial charge in [-0.15, -0.1) is 0 Å². The molecule has 0 radical (unpaired) electrons. The van der Waals surface area contributed by atoms with Crippen LogP contribution in [0.3, 0.4) is 0 Å². The second-order valence-corrected chi connectivity index (χ2v) is 4.54. The average Bonchev–Trinajstić information content (AvgIpc) is 2.91. The van der Waals surface area contributed by atoms with E-state index in [1.165, 1.54) is 6.40 Å². The van der Waals surface area contributed by atoms with Crippen molar-refractivity contribution in [3.05, 3.63) is 47.7 Å². The Bertz CT molecular complexity index is 699. The minimum atomic E-state index is -0.671. The lowest BCUT2D eigenvalue weighted by Gasteiger charge is -2.32. The molecule has 2 aromatic rings. The molecule has 1 spiro atoms. The quantitative estimate of drug-likeness (QED) is 0.782. The Morgan fingerprint density at radius 1 is 1.21 bits per heavy atom. The molecule has 2 aliphatic heterocycles. The SMILES string of the molecule is Oc1ccc2c(c1)C1(COC=N1)c1cccnc1O2. The number of phenolic OH excluding ortho intramolecular Hbond substituents is 1. The molecule has 1 unspecified atom stereocenters. The van der Waals surface area contributed by atoms with Gasteiger partial charge in [0.1, 0.15) is 18.1 Å². The molecule has 5 heteroatoms.